The summed E-state index contributed by atoms with van der Waals surface area (Å²) in [6, 6.07) is 7.18. The summed E-state index contributed by atoms with van der Waals surface area (Å²) < 4.78 is 0. The van der Waals surface area contributed by atoms with E-state index in [9.17, 15) is 14.7 Å². The first-order chi connectivity index (χ1) is 13.1. The topological polar surface area (TPSA) is 72.9 Å². The van der Waals surface area contributed by atoms with E-state index in [0.717, 1.165) is 18.5 Å². The average Bonchev–Trinajstić information content (AvgIpc) is 2.71. The molecule has 2 N–H and O–H groups in total. The lowest BCUT2D eigenvalue weighted by atomic mass is 9.98. The van der Waals surface area contributed by atoms with Gasteiger partial charge in [0.25, 0.3) is 5.91 Å². The summed E-state index contributed by atoms with van der Waals surface area (Å²) in [7, 11) is 0. The Hall–Kier alpha value is -2.60. The lowest BCUT2D eigenvalue weighted by molar-refractivity contribution is -0.128. The zero-order chi connectivity index (χ0) is 19.6. The second-order valence-corrected chi connectivity index (χ2v) is 6.75. The van der Waals surface area contributed by atoms with Gasteiger partial charge in [-0.25, -0.2) is 0 Å². The summed E-state index contributed by atoms with van der Waals surface area (Å²) in [6.45, 7) is 9.80. The fraction of sp³-hybridized carbons (Fsp3) is 0.429. The summed E-state index contributed by atoms with van der Waals surface area (Å²) in [6.07, 6.45) is 5.22. The Morgan fingerprint density at radius 3 is 2.70 bits per heavy atom. The number of nitrogens with one attached hydrogen (secondary N) is 1. The van der Waals surface area contributed by atoms with Crippen molar-refractivity contribution in [2.75, 3.05) is 44.6 Å². The highest BCUT2D eigenvalue weighted by molar-refractivity contribution is 5.95. The number of carbonyl (C=O) groups is 2. The van der Waals surface area contributed by atoms with E-state index in [-0.39, 0.29) is 30.9 Å². The van der Waals surface area contributed by atoms with Gasteiger partial charge in [0.15, 0.2) is 0 Å². The summed E-state index contributed by atoms with van der Waals surface area (Å²) in [5.74, 6) is 0.0544. The molecule has 1 aliphatic heterocycles. The molecule has 6 nitrogen and oxygen atoms in total. The maximum Gasteiger partial charge on any atom is 0.253 e. The molecule has 0 aromatic heterocycles. The van der Waals surface area contributed by atoms with E-state index in [2.05, 4.69) is 18.5 Å². The van der Waals surface area contributed by atoms with Gasteiger partial charge in [0.1, 0.15) is 0 Å². The molecule has 27 heavy (non-hydrogen) atoms. The minimum absolute atomic E-state index is 0.0388. The number of likely N-dealkylation sites (tertiary alicyclic amines) is 1. The number of rotatable bonds is 9. The highest BCUT2D eigenvalue weighted by Crippen LogP contribution is 2.19. The molecule has 0 bridgehead atoms. The van der Waals surface area contributed by atoms with Crippen molar-refractivity contribution in [3.8, 4) is 0 Å². The molecule has 1 aliphatic rings. The fourth-order valence-electron chi connectivity index (χ4n) is 3.22. The Morgan fingerprint density at radius 2 is 2.04 bits per heavy atom. The molecular weight excluding hydrogens is 342 g/mol. The summed E-state index contributed by atoms with van der Waals surface area (Å²) in [5.41, 5.74) is 1.31. The van der Waals surface area contributed by atoms with E-state index in [1.165, 1.54) is 0 Å². The van der Waals surface area contributed by atoms with Crippen LogP contribution in [-0.4, -0.2) is 66.1 Å². The monoisotopic (exact) mass is 371 g/mol. The van der Waals surface area contributed by atoms with E-state index in [1.807, 2.05) is 6.07 Å². The Labute approximate surface area is 161 Å². The first kappa shape index (κ1) is 20.7. The third-order valence-corrected chi connectivity index (χ3v) is 4.67. The van der Waals surface area contributed by atoms with E-state index >= 15 is 0 Å². The number of aliphatic hydroxyl groups excluding tert-OH is 1. The van der Waals surface area contributed by atoms with Gasteiger partial charge in [-0.3, -0.25) is 9.59 Å². The number of nitrogens with zero attached hydrogens (tertiary/aromatic N) is 2. The van der Waals surface area contributed by atoms with Gasteiger partial charge in [0.05, 0.1) is 6.54 Å². The maximum atomic E-state index is 12.7. The number of hydrogen-bond acceptors (Lipinski definition) is 4. The molecule has 1 unspecified atom stereocenters. The molecule has 0 saturated carbocycles. The maximum absolute atomic E-state index is 12.7. The zero-order valence-electron chi connectivity index (χ0n) is 15.8. The molecule has 2 amide bonds. The highest BCUT2D eigenvalue weighted by Gasteiger charge is 2.24. The molecule has 1 aromatic rings. The molecule has 1 aromatic carbocycles. The Bertz CT molecular complexity index is 664. The number of aliphatic hydroxyl groups is 1. The van der Waals surface area contributed by atoms with Crippen molar-refractivity contribution in [3.63, 3.8) is 0 Å². The molecule has 2 rings (SSSR count). The second kappa shape index (κ2) is 10.5. The zero-order valence-corrected chi connectivity index (χ0v) is 15.8. The summed E-state index contributed by atoms with van der Waals surface area (Å²) >= 11 is 0. The van der Waals surface area contributed by atoms with Crippen molar-refractivity contribution >= 4 is 17.5 Å². The van der Waals surface area contributed by atoms with Crippen LogP contribution in [0.2, 0.25) is 0 Å². The molecule has 1 saturated heterocycles. The van der Waals surface area contributed by atoms with E-state index in [4.69, 9.17) is 0 Å². The third kappa shape index (κ3) is 5.96. The third-order valence-electron chi connectivity index (χ3n) is 4.67. The second-order valence-electron chi connectivity index (χ2n) is 6.75. The predicted molar refractivity (Wildman–Crippen MR) is 108 cm³/mol. The van der Waals surface area contributed by atoms with Gasteiger partial charge in [-0.1, -0.05) is 18.2 Å². The number of amides is 2. The average molecular weight is 371 g/mol. The Morgan fingerprint density at radius 1 is 1.30 bits per heavy atom. The van der Waals surface area contributed by atoms with Crippen LogP contribution in [0, 0.1) is 5.92 Å². The van der Waals surface area contributed by atoms with Crippen LogP contribution in [-0.2, 0) is 4.79 Å². The van der Waals surface area contributed by atoms with Crippen LogP contribution in [0.25, 0.3) is 0 Å². The van der Waals surface area contributed by atoms with Gasteiger partial charge in [-0.05, 0) is 37.0 Å². The van der Waals surface area contributed by atoms with Crippen molar-refractivity contribution < 1.29 is 14.7 Å². The molecule has 146 valence electrons. The van der Waals surface area contributed by atoms with Gasteiger partial charge >= 0.3 is 0 Å². The fourth-order valence-corrected chi connectivity index (χ4v) is 3.22. The van der Waals surface area contributed by atoms with Crippen LogP contribution < -0.4 is 5.32 Å². The quantitative estimate of drug-likeness (QED) is 0.653. The number of anilines is 1. The van der Waals surface area contributed by atoms with Gasteiger partial charge in [-0.2, -0.15) is 0 Å². The van der Waals surface area contributed by atoms with Crippen LogP contribution >= 0.6 is 0 Å². The van der Waals surface area contributed by atoms with Crippen molar-refractivity contribution in [1.82, 2.24) is 9.80 Å². The van der Waals surface area contributed by atoms with Gasteiger partial charge in [0, 0.05) is 44.0 Å². The molecule has 1 heterocycles. The van der Waals surface area contributed by atoms with Crippen LogP contribution in [0.15, 0.2) is 49.6 Å². The van der Waals surface area contributed by atoms with Gasteiger partial charge in [0.2, 0.25) is 5.91 Å². The van der Waals surface area contributed by atoms with Crippen LogP contribution in [0.4, 0.5) is 5.69 Å². The largest absolute Gasteiger partial charge is 0.396 e. The summed E-state index contributed by atoms with van der Waals surface area (Å²) in [5, 5.41) is 12.4. The number of hydrogen-bond donors (Lipinski definition) is 2. The van der Waals surface area contributed by atoms with Crippen LogP contribution in [0.5, 0.6) is 0 Å². The van der Waals surface area contributed by atoms with Crippen molar-refractivity contribution in [1.29, 1.82) is 0 Å². The van der Waals surface area contributed by atoms with E-state index in [1.54, 1.807) is 40.2 Å². The number of piperidine rings is 1. The Kier molecular flexibility index (Phi) is 8.07. The minimum atomic E-state index is -0.0617. The SMILES string of the molecule is C=CCN(CC=C)C(=O)CNc1cccc(C(=O)N2CCCC(CO)C2)c1. The molecule has 6 heteroatoms. The van der Waals surface area contributed by atoms with Crippen LogP contribution in [0.3, 0.4) is 0 Å². The van der Waals surface area contributed by atoms with Gasteiger partial charge in [-0.15, -0.1) is 13.2 Å². The standard InChI is InChI=1S/C21H29N3O3/c1-3-10-23(11-4-2)20(26)14-22-19-9-5-8-18(13-19)21(27)24-12-6-7-17(15-24)16-25/h3-5,8-9,13,17,22,25H,1-2,6-7,10-12,14-16H2. The number of benzene rings is 1. The Balaban J connectivity index is 1.98. The van der Waals surface area contributed by atoms with Crippen LogP contribution in [0.1, 0.15) is 23.2 Å². The lowest BCUT2D eigenvalue weighted by Crippen LogP contribution is -2.41. The predicted octanol–water partition coefficient (Wildman–Crippen LogP) is 2.14. The molecule has 0 radical (unpaired) electrons. The van der Waals surface area contributed by atoms with E-state index in [0.29, 0.717) is 31.7 Å². The normalized spacial score (nSPS) is 16.5. The molecule has 1 fully saturated rings. The molecule has 0 aliphatic carbocycles. The minimum Gasteiger partial charge on any atom is -0.396 e. The van der Waals surface area contributed by atoms with Crippen molar-refractivity contribution in [2.24, 2.45) is 5.92 Å². The highest BCUT2D eigenvalue weighted by atomic mass is 16.3. The van der Waals surface area contributed by atoms with Crippen molar-refractivity contribution in [3.05, 3.63) is 55.1 Å². The smallest absolute Gasteiger partial charge is 0.253 e. The van der Waals surface area contributed by atoms with Gasteiger partial charge < -0.3 is 20.2 Å². The lowest BCUT2D eigenvalue weighted by Gasteiger charge is -2.32. The first-order valence-electron chi connectivity index (χ1n) is 9.32. The molecule has 0 spiro atoms. The summed E-state index contributed by atoms with van der Waals surface area (Å²) in [4.78, 5) is 28.5. The molecular formula is C21H29N3O3. The first-order valence-corrected chi connectivity index (χ1v) is 9.32. The number of carbonyl (C=O) groups excluding carboxylic acids is 2. The molecule has 1 atom stereocenters. The van der Waals surface area contributed by atoms with E-state index < -0.39 is 0 Å². The van der Waals surface area contributed by atoms with Crippen molar-refractivity contribution in [2.45, 2.75) is 12.8 Å².